The molecule has 0 saturated carbocycles. The highest BCUT2D eigenvalue weighted by atomic mass is 19.2. The van der Waals surface area contributed by atoms with Gasteiger partial charge in [0.25, 0.3) is 5.91 Å². The largest absolute Gasteiger partial charge is 0.440 e. The third kappa shape index (κ3) is 5.12. The van der Waals surface area contributed by atoms with Gasteiger partial charge in [-0.1, -0.05) is 0 Å². The molecule has 1 amide bonds. The first-order valence-electron chi connectivity index (χ1n) is 11.2. The van der Waals surface area contributed by atoms with E-state index in [1.807, 2.05) is 4.90 Å². The second kappa shape index (κ2) is 9.99. The first-order valence-corrected chi connectivity index (χ1v) is 11.2. The molecule has 35 heavy (non-hydrogen) atoms. The lowest BCUT2D eigenvalue weighted by Gasteiger charge is -2.27. The number of hydrogen-bond donors (Lipinski definition) is 0. The highest BCUT2D eigenvalue weighted by Gasteiger charge is 2.20. The van der Waals surface area contributed by atoms with Crippen LogP contribution in [0.15, 0.2) is 39.5 Å². The van der Waals surface area contributed by atoms with Crippen LogP contribution in [0.25, 0.3) is 11.0 Å². The molecule has 1 saturated heterocycles. The molecule has 186 valence electrons. The smallest absolute Gasteiger partial charge is 0.253 e. The second-order valence-corrected chi connectivity index (χ2v) is 8.65. The van der Waals surface area contributed by atoms with Crippen LogP contribution in [0.4, 0.5) is 24.7 Å². The minimum Gasteiger partial charge on any atom is -0.440 e. The maximum atomic E-state index is 13.7. The summed E-state index contributed by atoms with van der Waals surface area (Å²) in [6, 6.07) is 6.43. The van der Waals surface area contributed by atoms with Crippen molar-refractivity contribution in [3.05, 3.63) is 69.1 Å². The Kier molecular flexibility index (Phi) is 7.02. The van der Waals surface area contributed by atoms with E-state index in [-0.39, 0.29) is 35.4 Å². The fraction of sp³-hybridized carbons (Fsp3) is 0.360. The summed E-state index contributed by atoms with van der Waals surface area (Å²) in [6.07, 6.45) is 0.289. The molecular formula is C25H26F3N3O4. The lowest BCUT2D eigenvalue weighted by molar-refractivity contribution is 0.0827. The quantitative estimate of drug-likeness (QED) is 0.495. The van der Waals surface area contributed by atoms with E-state index in [1.54, 1.807) is 32.1 Å². The van der Waals surface area contributed by atoms with Gasteiger partial charge in [-0.05, 0) is 24.1 Å². The molecule has 1 fully saturated rings. The maximum Gasteiger partial charge on any atom is 0.253 e. The van der Waals surface area contributed by atoms with Crippen LogP contribution < -0.4 is 15.2 Å². The number of fused-ring (bicyclic) bond motifs is 1. The number of carbonyl (C=O) groups excluding carboxylic acids is 1. The SMILES string of the molecule is CN(C)C(=O)c1cc(CCN(C)c2cc(F)c(F)c(F)c2)c2oc(N3CCOCC3)cc(=O)c2c1. The van der Waals surface area contributed by atoms with Crippen molar-refractivity contribution in [3.63, 3.8) is 0 Å². The van der Waals surface area contributed by atoms with Crippen LogP contribution in [0, 0.1) is 17.5 Å². The van der Waals surface area contributed by atoms with Crippen molar-refractivity contribution in [2.75, 3.05) is 63.8 Å². The summed E-state index contributed by atoms with van der Waals surface area (Å²) in [5, 5.41) is 0.270. The summed E-state index contributed by atoms with van der Waals surface area (Å²) in [5.74, 6) is -3.95. The summed E-state index contributed by atoms with van der Waals surface area (Å²) in [7, 11) is 4.84. The third-order valence-electron chi connectivity index (χ3n) is 5.99. The van der Waals surface area contributed by atoms with Crippen LogP contribution in [-0.2, 0) is 11.2 Å². The van der Waals surface area contributed by atoms with Crippen LogP contribution in [0.2, 0.25) is 0 Å². The summed E-state index contributed by atoms with van der Waals surface area (Å²) in [5.41, 5.74) is 1.14. The first-order chi connectivity index (χ1) is 16.7. The van der Waals surface area contributed by atoms with Gasteiger partial charge in [0.15, 0.2) is 28.8 Å². The Morgan fingerprint density at radius 3 is 2.29 bits per heavy atom. The van der Waals surface area contributed by atoms with Gasteiger partial charge in [-0.25, -0.2) is 13.2 Å². The van der Waals surface area contributed by atoms with Gasteiger partial charge in [0.1, 0.15) is 5.58 Å². The maximum absolute atomic E-state index is 13.7. The van der Waals surface area contributed by atoms with Crippen LogP contribution >= 0.6 is 0 Å². The molecule has 1 aliphatic heterocycles. The zero-order valence-electron chi connectivity index (χ0n) is 19.7. The number of halogens is 3. The minimum atomic E-state index is -1.53. The summed E-state index contributed by atoms with van der Waals surface area (Å²) >= 11 is 0. The van der Waals surface area contributed by atoms with Gasteiger partial charge >= 0.3 is 0 Å². The number of amides is 1. The molecular weight excluding hydrogens is 463 g/mol. The fourth-order valence-electron chi connectivity index (χ4n) is 4.00. The molecule has 1 aromatic heterocycles. The number of anilines is 2. The topological polar surface area (TPSA) is 66.2 Å². The highest BCUT2D eigenvalue weighted by Crippen LogP contribution is 2.27. The number of rotatable bonds is 6. The lowest BCUT2D eigenvalue weighted by atomic mass is 10.0. The number of morpholine rings is 1. The van der Waals surface area contributed by atoms with Crippen molar-refractivity contribution in [1.29, 1.82) is 0 Å². The van der Waals surface area contributed by atoms with Gasteiger partial charge in [-0.2, -0.15) is 0 Å². The predicted octanol–water partition coefficient (Wildman–Crippen LogP) is 3.43. The molecule has 0 aliphatic carbocycles. The van der Waals surface area contributed by atoms with Gasteiger partial charge in [0.2, 0.25) is 0 Å². The standard InChI is InChI=1S/C25H26F3N3O4/c1-29(2)25(33)16-10-15(4-5-30(3)17-12-19(26)23(28)20(27)13-17)24-18(11-16)21(32)14-22(35-24)31-6-8-34-9-7-31/h10-14H,4-9H2,1-3H3. The molecule has 10 heteroatoms. The van der Waals surface area contributed by atoms with Crippen molar-refractivity contribution in [3.8, 4) is 0 Å². The number of nitrogens with zero attached hydrogens (tertiary/aromatic N) is 3. The Morgan fingerprint density at radius 2 is 1.66 bits per heavy atom. The van der Waals surface area contributed by atoms with E-state index in [1.165, 1.54) is 17.0 Å². The van der Waals surface area contributed by atoms with Crippen molar-refractivity contribution < 1.29 is 27.1 Å². The molecule has 7 nitrogen and oxygen atoms in total. The fourth-order valence-corrected chi connectivity index (χ4v) is 4.00. The number of likely N-dealkylation sites (N-methyl/N-ethyl adjacent to an activating group) is 1. The van der Waals surface area contributed by atoms with Crippen LogP contribution in [0.3, 0.4) is 0 Å². The number of hydrogen-bond acceptors (Lipinski definition) is 6. The summed E-state index contributed by atoms with van der Waals surface area (Å²) in [4.78, 5) is 30.6. The molecule has 0 unspecified atom stereocenters. The molecule has 0 N–H and O–H groups in total. The number of ether oxygens (including phenoxy) is 1. The van der Waals surface area contributed by atoms with Crippen molar-refractivity contribution >= 4 is 28.4 Å². The molecule has 2 aromatic carbocycles. The number of benzene rings is 2. The Morgan fingerprint density at radius 1 is 1.00 bits per heavy atom. The molecule has 4 rings (SSSR count). The lowest BCUT2D eigenvalue weighted by Crippen LogP contribution is -2.36. The number of carbonyl (C=O) groups is 1. The molecule has 3 aromatic rings. The average molecular weight is 489 g/mol. The van der Waals surface area contributed by atoms with Gasteiger partial charge in [0, 0.05) is 70.2 Å². The predicted molar refractivity (Wildman–Crippen MR) is 127 cm³/mol. The third-order valence-corrected chi connectivity index (χ3v) is 5.99. The van der Waals surface area contributed by atoms with Crippen molar-refractivity contribution in [2.24, 2.45) is 0 Å². The molecule has 0 atom stereocenters. The van der Waals surface area contributed by atoms with Crippen molar-refractivity contribution in [1.82, 2.24) is 4.90 Å². The zero-order valence-corrected chi connectivity index (χ0v) is 19.7. The normalized spacial score (nSPS) is 13.8. The molecule has 1 aliphatic rings. The van der Waals surface area contributed by atoms with E-state index in [2.05, 4.69) is 0 Å². The Balaban J connectivity index is 1.73. The summed E-state index contributed by atoms with van der Waals surface area (Å²) in [6.45, 7) is 2.43. The molecule has 2 heterocycles. The van der Waals surface area contributed by atoms with Gasteiger partial charge < -0.3 is 23.9 Å². The van der Waals surface area contributed by atoms with E-state index in [0.717, 1.165) is 12.1 Å². The average Bonchev–Trinajstić information content (AvgIpc) is 2.85. The van der Waals surface area contributed by atoms with Crippen molar-refractivity contribution in [2.45, 2.75) is 6.42 Å². The second-order valence-electron chi connectivity index (χ2n) is 8.65. The molecule has 0 spiro atoms. The first kappa shape index (κ1) is 24.6. The van der Waals surface area contributed by atoms with E-state index >= 15 is 0 Å². The Hall–Kier alpha value is -3.53. The highest BCUT2D eigenvalue weighted by molar-refractivity contribution is 5.98. The Labute approximate surface area is 200 Å². The van der Waals surface area contributed by atoms with Crippen LogP contribution in [-0.4, -0.2) is 64.8 Å². The molecule has 0 bridgehead atoms. The van der Waals surface area contributed by atoms with E-state index in [0.29, 0.717) is 48.9 Å². The zero-order chi connectivity index (χ0) is 25.3. The van der Waals surface area contributed by atoms with E-state index in [9.17, 15) is 22.8 Å². The van der Waals surface area contributed by atoms with Gasteiger partial charge in [0.05, 0.1) is 18.6 Å². The molecule has 0 radical (unpaired) electrons. The Bertz CT molecular complexity index is 1300. The van der Waals surface area contributed by atoms with E-state index < -0.39 is 17.5 Å². The summed E-state index contributed by atoms with van der Waals surface area (Å²) < 4.78 is 52.3. The van der Waals surface area contributed by atoms with E-state index in [4.69, 9.17) is 9.15 Å². The van der Waals surface area contributed by atoms with Crippen LogP contribution in [0.5, 0.6) is 0 Å². The van der Waals surface area contributed by atoms with Crippen LogP contribution in [0.1, 0.15) is 15.9 Å². The minimum absolute atomic E-state index is 0.154. The van der Waals surface area contributed by atoms with Gasteiger partial charge in [-0.3, -0.25) is 9.59 Å². The van der Waals surface area contributed by atoms with Gasteiger partial charge in [-0.15, -0.1) is 0 Å². The monoisotopic (exact) mass is 489 g/mol.